The number of fused-ring (bicyclic) bond motifs is 6. The van der Waals surface area contributed by atoms with Crippen LogP contribution in [0, 0.1) is 0 Å². The van der Waals surface area contributed by atoms with Crippen molar-refractivity contribution in [1.29, 1.82) is 0 Å². The summed E-state index contributed by atoms with van der Waals surface area (Å²) in [5, 5.41) is 4.28. The summed E-state index contributed by atoms with van der Waals surface area (Å²) in [6.45, 7) is 0. The minimum atomic E-state index is 0.555. The summed E-state index contributed by atoms with van der Waals surface area (Å²) >= 11 is 0. The molecule has 4 aromatic heterocycles. The SMILES string of the molecule is c1ccc(-c2nc(-c3ccc(-c4ccccn4)cc3)nc(-c3cc(-c4cccc5c4oc4ccccc45)cc(-c4cccc5c4oc4ccccc45)c3)n2)cc1. The first-order valence-corrected chi connectivity index (χ1v) is 18.5. The maximum Gasteiger partial charge on any atom is 0.164 e. The van der Waals surface area contributed by atoms with Crippen molar-refractivity contribution in [2.75, 3.05) is 0 Å². The van der Waals surface area contributed by atoms with Crippen LogP contribution in [0.15, 0.2) is 191 Å². The highest BCUT2D eigenvalue weighted by molar-refractivity contribution is 6.11. The standard InChI is InChI=1S/C50H30N4O2/c1-2-12-32(13-3-1)48-52-49(33-25-23-31(24-26-33)43-20-8-9-27-51-43)54-50(53-48)36-29-34(37-16-10-18-41-39-14-4-6-21-44(39)55-46(37)41)28-35(30-36)38-17-11-19-42-40-15-5-7-22-45(40)56-47(38)42/h1-30H. The van der Waals surface area contributed by atoms with Crippen LogP contribution in [0.25, 0.3) is 112 Å². The largest absolute Gasteiger partial charge is 0.455 e. The maximum absolute atomic E-state index is 6.57. The molecule has 0 aliphatic rings. The zero-order valence-corrected chi connectivity index (χ0v) is 29.9. The van der Waals surface area contributed by atoms with Crippen molar-refractivity contribution in [3.63, 3.8) is 0 Å². The van der Waals surface area contributed by atoms with Gasteiger partial charge in [-0.25, -0.2) is 15.0 Å². The molecule has 11 aromatic rings. The van der Waals surface area contributed by atoms with Crippen LogP contribution in [-0.2, 0) is 0 Å². The molecule has 4 heterocycles. The van der Waals surface area contributed by atoms with Crippen molar-refractivity contribution in [2.45, 2.75) is 0 Å². The number of pyridine rings is 1. The Hall–Kier alpha value is -7.70. The van der Waals surface area contributed by atoms with Crippen LogP contribution >= 0.6 is 0 Å². The van der Waals surface area contributed by atoms with E-state index in [-0.39, 0.29) is 0 Å². The fraction of sp³-hybridized carbons (Fsp3) is 0. The highest BCUT2D eigenvalue weighted by Crippen LogP contribution is 2.42. The van der Waals surface area contributed by atoms with E-state index in [0.29, 0.717) is 17.5 Å². The Labute approximate surface area is 321 Å². The summed E-state index contributed by atoms with van der Waals surface area (Å²) in [6.07, 6.45) is 1.80. The first-order chi connectivity index (χ1) is 27.7. The minimum absolute atomic E-state index is 0.555. The fourth-order valence-corrected chi connectivity index (χ4v) is 7.69. The van der Waals surface area contributed by atoms with Gasteiger partial charge in [-0.15, -0.1) is 0 Å². The van der Waals surface area contributed by atoms with Gasteiger partial charge in [0.25, 0.3) is 0 Å². The van der Waals surface area contributed by atoms with E-state index in [1.165, 1.54) is 0 Å². The van der Waals surface area contributed by atoms with E-state index in [2.05, 4.69) is 83.8 Å². The van der Waals surface area contributed by atoms with E-state index in [4.69, 9.17) is 23.8 Å². The smallest absolute Gasteiger partial charge is 0.164 e. The lowest BCUT2D eigenvalue weighted by atomic mass is 9.94. The van der Waals surface area contributed by atoms with E-state index >= 15 is 0 Å². The molecule has 6 nitrogen and oxygen atoms in total. The molecule has 11 rings (SSSR count). The average molecular weight is 719 g/mol. The van der Waals surface area contributed by atoms with Crippen molar-refractivity contribution >= 4 is 43.9 Å². The lowest BCUT2D eigenvalue weighted by Crippen LogP contribution is -2.00. The Morgan fingerprint density at radius 3 is 1.36 bits per heavy atom. The second kappa shape index (κ2) is 13.0. The van der Waals surface area contributed by atoms with E-state index < -0.39 is 0 Å². The first-order valence-electron chi connectivity index (χ1n) is 18.5. The molecule has 262 valence electrons. The Balaban J connectivity index is 1.15. The Kier molecular flexibility index (Phi) is 7.38. The van der Waals surface area contributed by atoms with Crippen LogP contribution in [0.5, 0.6) is 0 Å². The van der Waals surface area contributed by atoms with Crippen molar-refractivity contribution in [3.8, 4) is 67.7 Å². The van der Waals surface area contributed by atoms with Crippen LogP contribution in [0.2, 0.25) is 0 Å². The molecule has 56 heavy (non-hydrogen) atoms. The van der Waals surface area contributed by atoms with E-state index in [9.17, 15) is 0 Å². The highest BCUT2D eigenvalue weighted by Gasteiger charge is 2.19. The van der Waals surface area contributed by atoms with Gasteiger partial charge in [0.1, 0.15) is 22.3 Å². The summed E-state index contributed by atoms with van der Waals surface area (Å²) in [5.41, 5.74) is 11.8. The monoisotopic (exact) mass is 718 g/mol. The molecular formula is C50H30N4O2. The van der Waals surface area contributed by atoms with Crippen LogP contribution in [0.4, 0.5) is 0 Å². The van der Waals surface area contributed by atoms with E-state index in [1.54, 1.807) is 6.20 Å². The van der Waals surface area contributed by atoms with Crippen LogP contribution in [0.1, 0.15) is 0 Å². The van der Waals surface area contributed by atoms with Crippen LogP contribution in [0.3, 0.4) is 0 Å². The van der Waals surface area contributed by atoms with Crippen LogP contribution < -0.4 is 0 Å². The predicted molar refractivity (Wildman–Crippen MR) is 225 cm³/mol. The number of hydrogen-bond acceptors (Lipinski definition) is 6. The third-order valence-electron chi connectivity index (χ3n) is 10.4. The molecular weight excluding hydrogens is 689 g/mol. The summed E-state index contributed by atoms with van der Waals surface area (Å²) in [4.78, 5) is 19.9. The summed E-state index contributed by atoms with van der Waals surface area (Å²) in [6, 6.07) is 59.7. The van der Waals surface area contributed by atoms with Gasteiger partial charge in [0.05, 0.1) is 5.69 Å². The van der Waals surface area contributed by atoms with Crippen molar-refractivity contribution in [1.82, 2.24) is 19.9 Å². The molecule has 0 spiro atoms. The van der Waals surface area contributed by atoms with E-state index in [1.807, 2.05) is 97.1 Å². The molecule has 0 saturated heterocycles. The van der Waals surface area contributed by atoms with Gasteiger partial charge in [0.15, 0.2) is 17.5 Å². The van der Waals surface area contributed by atoms with Gasteiger partial charge in [-0.1, -0.05) is 133 Å². The number of benzene rings is 7. The molecule has 0 radical (unpaired) electrons. The quantitative estimate of drug-likeness (QED) is 0.170. The predicted octanol–water partition coefficient (Wildman–Crippen LogP) is 13.1. The fourth-order valence-electron chi connectivity index (χ4n) is 7.69. The van der Waals surface area contributed by atoms with Gasteiger partial charge in [0.2, 0.25) is 0 Å². The molecule has 0 aliphatic heterocycles. The normalized spacial score (nSPS) is 11.6. The number of para-hydroxylation sites is 4. The molecule has 0 aliphatic carbocycles. The van der Waals surface area contributed by atoms with Crippen LogP contribution in [-0.4, -0.2) is 19.9 Å². The number of nitrogens with zero attached hydrogens (tertiary/aromatic N) is 4. The first kappa shape index (κ1) is 31.8. The van der Waals surface area contributed by atoms with Gasteiger partial charge < -0.3 is 8.83 Å². The number of hydrogen-bond donors (Lipinski definition) is 0. The van der Waals surface area contributed by atoms with Gasteiger partial charge in [-0.2, -0.15) is 0 Å². The molecule has 0 fully saturated rings. The summed E-state index contributed by atoms with van der Waals surface area (Å²) in [7, 11) is 0. The molecule has 0 unspecified atom stereocenters. The summed E-state index contributed by atoms with van der Waals surface area (Å²) in [5.74, 6) is 1.72. The van der Waals surface area contributed by atoms with Gasteiger partial charge in [0, 0.05) is 61.1 Å². The molecule has 7 aromatic carbocycles. The lowest BCUT2D eigenvalue weighted by Gasteiger charge is -2.13. The zero-order chi connectivity index (χ0) is 37.0. The molecule has 0 saturated carbocycles. The second-order valence-corrected chi connectivity index (χ2v) is 13.8. The van der Waals surface area contributed by atoms with Gasteiger partial charge in [-0.05, 0) is 53.6 Å². The Morgan fingerprint density at radius 1 is 0.321 bits per heavy atom. The number of furan rings is 2. The second-order valence-electron chi connectivity index (χ2n) is 13.8. The third kappa shape index (κ3) is 5.43. The lowest BCUT2D eigenvalue weighted by molar-refractivity contribution is 0.670. The Morgan fingerprint density at radius 2 is 0.786 bits per heavy atom. The van der Waals surface area contributed by atoms with Gasteiger partial charge >= 0.3 is 0 Å². The van der Waals surface area contributed by atoms with E-state index in [0.717, 1.165) is 94.1 Å². The van der Waals surface area contributed by atoms with Crippen molar-refractivity contribution in [2.24, 2.45) is 0 Å². The average Bonchev–Trinajstić information content (AvgIpc) is 3.86. The summed E-state index contributed by atoms with van der Waals surface area (Å²) < 4.78 is 13.1. The maximum atomic E-state index is 6.57. The minimum Gasteiger partial charge on any atom is -0.455 e. The number of rotatable bonds is 6. The molecule has 6 heteroatoms. The topological polar surface area (TPSA) is 77.8 Å². The van der Waals surface area contributed by atoms with Gasteiger partial charge in [-0.3, -0.25) is 4.98 Å². The zero-order valence-electron chi connectivity index (χ0n) is 29.9. The van der Waals surface area contributed by atoms with Crippen molar-refractivity contribution in [3.05, 3.63) is 182 Å². The molecule has 0 atom stereocenters. The molecule has 0 bridgehead atoms. The molecule has 0 amide bonds. The van der Waals surface area contributed by atoms with Crippen molar-refractivity contribution < 1.29 is 8.83 Å². The third-order valence-corrected chi connectivity index (χ3v) is 10.4. The highest BCUT2D eigenvalue weighted by atomic mass is 16.3. The number of aromatic nitrogens is 4. The Bertz CT molecular complexity index is 3110. The molecule has 0 N–H and O–H groups in total.